The number of benzene rings is 1. The number of aromatic nitrogens is 1. The molecule has 1 aromatic heterocycles. The molecule has 1 N–H and O–H groups in total. The molecule has 0 radical (unpaired) electrons. The third-order valence-electron chi connectivity index (χ3n) is 5.74. The van der Waals surface area contributed by atoms with E-state index in [1.54, 1.807) is 11.8 Å². The van der Waals surface area contributed by atoms with Crippen LogP contribution in [0.4, 0.5) is 20.3 Å². The number of alkyl halides is 2. The molecule has 0 bridgehead atoms. The number of pyridine rings is 1. The smallest absolute Gasteiger partial charge is 0.249 e. The Morgan fingerprint density at radius 3 is 2.86 bits per heavy atom. The van der Waals surface area contributed by atoms with Gasteiger partial charge in [-0.1, -0.05) is 12.6 Å². The van der Waals surface area contributed by atoms with Crippen molar-refractivity contribution in [3.05, 3.63) is 53.7 Å². The van der Waals surface area contributed by atoms with Crippen molar-refractivity contribution < 1.29 is 8.78 Å². The highest BCUT2D eigenvalue weighted by atomic mass is 32.2. The van der Waals surface area contributed by atoms with E-state index in [9.17, 15) is 8.78 Å². The van der Waals surface area contributed by atoms with Gasteiger partial charge in [0.25, 0.3) is 0 Å². The van der Waals surface area contributed by atoms with Gasteiger partial charge >= 0.3 is 0 Å². The average molecular weight is 416 g/mol. The summed E-state index contributed by atoms with van der Waals surface area (Å²) in [5.41, 5.74) is 5.01. The van der Waals surface area contributed by atoms with Crippen LogP contribution in [0.3, 0.4) is 0 Å². The Morgan fingerprint density at radius 2 is 2.03 bits per heavy atom. The maximum absolute atomic E-state index is 13.9. The molecule has 29 heavy (non-hydrogen) atoms. The number of nitrogens with one attached hydrogen (secondary N) is 1. The highest BCUT2D eigenvalue weighted by Gasteiger charge is 2.33. The summed E-state index contributed by atoms with van der Waals surface area (Å²) >= 11 is 1.69. The average Bonchev–Trinajstić information content (AvgIpc) is 3.09. The van der Waals surface area contributed by atoms with Gasteiger partial charge in [-0.25, -0.2) is 13.8 Å². The molecule has 1 aromatic carbocycles. The summed E-state index contributed by atoms with van der Waals surface area (Å²) < 4.78 is 27.8. The number of hydrogen-bond acceptors (Lipinski definition) is 4. The van der Waals surface area contributed by atoms with Crippen molar-refractivity contribution in [2.75, 3.05) is 29.6 Å². The SMILES string of the molecule is C=C(Nc1cccc(SC)c1)c1cc2c(nc1N1CCCC(F)(F)CC1)CCC2. The molecule has 2 aromatic rings. The van der Waals surface area contributed by atoms with Crippen LogP contribution in [0.1, 0.15) is 42.5 Å². The molecule has 154 valence electrons. The van der Waals surface area contributed by atoms with Gasteiger partial charge in [0.2, 0.25) is 5.92 Å². The second-order valence-corrected chi connectivity index (χ2v) is 8.73. The molecule has 0 unspecified atom stereocenters. The van der Waals surface area contributed by atoms with Crippen molar-refractivity contribution in [3.8, 4) is 0 Å². The Bertz CT molecular complexity index is 913. The van der Waals surface area contributed by atoms with Gasteiger partial charge < -0.3 is 10.2 Å². The van der Waals surface area contributed by atoms with Crippen molar-refractivity contribution in [2.24, 2.45) is 0 Å². The van der Waals surface area contributed by atoms with Crippen LogP contribution < -0.4 is 10.2 Å². The third kappa shape index (κ3) is 4.58. The number of thioether (sulfide) groups is 1. The number of hydrogen-bond donors (Lipinski definition) is 1. The standard InChI is InChI=1S/C23H27F2N3S/c1-16(26-18-7-4-8-19(15-18)29-2)20-14-17-6-3-9-21(17)27-22(20)28-12-5-10-23(24,25)11-13-28/h4,7-8,14-15,26H,1,3,5-6,9-13H2,2H3. The van der Waals surface area contributed by atoms with E-state index in [2.05, 4.69) is 30.1 Å². The molecule has 1 aliphatic heterocycles. The molecular weight excluding hydrogens is 388 g/mol. The van der Waals surface area contributed by atoms with Crippen molar-refractivity contribution in [3.63, 3.8) is 0 Å². The highest BCUT2D eigenvalue weighted by Crippen LogP contribution is 2.35. The van der Waals surface area contributed by atoms with Crippen molar-refractivity contribution in [1.29, 1.82) is 0 Å². The van der Waals surface area contributed by atoms with Crippen LogP contribution in [0.15, 0.2) is 41.8 Å². The lowest BCUT2D eigenvalue weighted by molar-refractivity contribution is -0.0102. The molecule has 2 aliphatic rings. The summed E-state index contributed by atoms with van der Waals surface area (Å²) in [6, 6.07) is 10.3. The first kappa shape index (κ1) is 20.2. The van der Waals surface area contributed by atoms with Crippen LogP contribution in [0.25, 0.3) is 5.70 Å². The zero-order valence-electron chi connectivity index (χ0n) is 16.8. The monoisotopic (exact) mass is 415 g/mol. The summed E-state index contributed by atoms with van der Waals surface area (Å²) in [5, 5.41) is 3.41. The maximum atomic E-state index is 13.9. The lowest BCUT2D eigenvalue weighted by atomic mass is 10.1. The second-order valence-electron chi connectivity index (χ2n) is 7.85. The number of rotatable bonds is 5. The Hall–Kier alpha value is -2.08. The maximum Gasteiger partial charge on any atom is 0.249 e. The van der Waals surface area contributed by atoms with Crippen molar-refractivity contribution in [2.45, 2.75) is 49.3 Å². The van der Waals surface area contributed by atoms with Gasteiger partial charge in [-0.2, -0.15) is 0 Å². The quantitative estimate of drug-likeness (QED) is 0.606. The van der Waals surface area contributed by atoms with Crippen molar-refractivity contribution >= 4 is 29.0 Å². The lowest BCUT2D eigenvalue weighted by Gasteiger charge is -2.26. The van der Waals surface area contributed by atoms with E-state index in [1.165, 1.54) is 10.5 Å². The Balaban J connectivity index is 1.65. The number of anilines is 2. The molecule has 1 aliphatic carbocycles. The first-order valence-electron chi connectivity index (χ1n) is 10.2. The fourth-order valence-corrected chi connectivity index (χ4v) is 4.60. The molecule has 3 nitrogen and oxygen atoms in total. The Morgan fingerprint density at radius 1 is 1.17 bits per heavy atom. The van der Waals surface area contributed by atoms with Gasteiger partial charge in [0.15, 0.2) is 0 Å². The van der Waals surface area contributed by atoms with Gasteiger partial charge in [-0.05, 0) is 61.8 Å². The molecule has 6 heteroatoms. The fraction of sp³-hybridized carbons (Fsp3) is 0.435. The van der Waals surface area contributed by atoms with E-state index in [4.69, 9.17) is 4.98 Å². The lowest BCUT2D eigenvalue weighted by Crippen LogP contribution is -2.28. The van der Waals surface area contributed by atoms with Crippen LogP contribution in [0.5, 0.6) is 0 Å². The summed E-state index contributed by atoms with van der Waals surface area (Å²) in [6.07, 6.45) is 5.42. The van der Waals surface area contributed by atoms with E-state index in [-0.39, 0.29) is 12.8 Å². The summed E-state index contributed by atoms with van der Waals surface area (Å²) in [4.78, 5) is 8.14. The van der Waals surface area contributed by atoms with Gasteiger partial charge in [0, 0.05) is 53.5 Å². The molecule has 1 saturated heterocycles. The molecule has 0 saturated carbocycles. The Kier molecular flexibility index (Phi) is 5.81. The molecule has 0 spiro atoms. The van der Waals surface area contributed by atoms with Crippen LogP contribution in [-0.4, -0.2) is 30.3 Å². The van der Waals surface area contributed by atoms with Gasteiger partial charge in [-0.3, -0.25) is 0 Å². The minimum Gasteiger partial charge on any atom is -0.356 e. The highest BCUT2D eigenvalue weighted by molar-refractivity contribution is 7.98. The van der Waals surface area contributed by atoms with Crippen LogP contribution in [0.2, 0.25) is 0 Å². The zero-order chi connectivity index (χ0) is 20.4. The summed E-state index contributed by atoms with van der Waals surface area (Å²) in [7, 11) is 0. The molecule has 0 atom stereocenters. The van der Waals surface area contributed by atoms with Gasteiger partial charge in [0.1, 0.15) is 5.82 Å². The van der Waals surface area contributed by atoms with Crippen LogP contribution >= 0.6 is 11.8 Å². The summed E-state index contributed by atoms with van der Waals surface area (Å²) in [6.45, 7) is 5.20. The van der Waals surface area contributed by atoms with E-state index in [0.29, 0.717) is 19.5 Å². The third-order valence-corrected chi connectivity index (χ3v) is 6.46. The molecule has 1 fully saturated rings. The van der Waals surface area contributed by atoms with E-state index >= 15 is 0 Å². The molecule has 4 rings (SSSR count). The van der Waals surface area contributed by atoms with Crippen LogP contribution in [0, 0.1) is 0 Å². The number of nitrogens with zero attached hydrogens (tertiary/aromatic N) is 2. The van der Waals surface area contributed by atoms with E-state index < -0.39 is 5.92 Å². The number of aryl methyl sites for hydroxylation is 2. The summed E-state index contributed by atoms with van der Waals surface area (Å²) in [5.74, 6) is -1.79. The molecular formula is C23H27F2N3S. The first-order valence-corrected chi connectivity index (χ1v) is 11.4. The Labute approximate surface area is 175 Å². The van der Waals surface area contributed by atoms with E-state index in [0.717, 1.165) is 47.7 Å². The molecule has 0 amide bonds. The van der Waals surface area contributed by atoms with Gasteiger partial charge in [0.05, 0.1) is 0 Å². The minimum absolute atomic E-state index is 0.0511. The second kappa shape index (κ2) is 8.34. The van der Waals surface area contributed by atoms with Crippen LogP contribution in [-0.2, 0) is 12.8 Å². The minimum atomic E-state index is -2.58. The predicted molar refractivity (Wildman–Crippen MR) is 118 cm³/mol. The first-order chi connectivity index (χ1) is 13.9. The van der Waals surface area contributed by atoms with Crippen molar-refractivity contribution in [1.82, 2.24) is 4.98 Å². The predicted octanol–water partition coefficient (Wildman–Crippen LogP) is 6.00. The number of halogens is 2. The largest absolute Gasteiger partial charge is 0.356 e. The zero-order valence-corrected chi connectivity index (χ0v) is 17.6. The number of fused-ring (bicyclic) bond motifs is 1. The van der Waals surface area contributed by atoms with Gasteiger partial charge in [-0.15, -0.1) is 11.8 Å². The topological polar surface area (TPSA) is 28.2 Å². The molecule has 2 heterocycles. The fourth-order valence-electron chi connectivity index (χ4n) is 4.14. The van der Waals surface area contributed by atoms with E-state index in [1.807, 2.05) is 23.3 Å². The normalized spacial score (nSPS) is 18.2.